The first-order valence-electron chi connectivity index (χ1n) is 4.09. The molecule has 4 heteroatoms. The first-order chi connectivity index (χ1) is 6.76. The van der Waals surface area contributed by atoms with Crippen molar-refractivity contribution in [1.82, 2.24) is 0 Å². The van der Waals surface area contributed by atoms with E-state index in [1.54, 1.807) is 19.1 Å². The van der Waals surface area contributed by atoms with Crippen molar-refractivity contribution in [2.45, 2.75) is 6.92 Å². The molecular formula is C10H9NO2S. The summed E-state index contributed by atoms with van der Waals surface area (Å²) in [4.78, 5) is 11.6. The van der Waals surface area contributed by atoms with Gasteiger partial charge < -0.3 is 4.74 Å². The number of rotatable bonds is 3. The number of hydrogen-bond donors (Lipinski definition) is 0. The van der Waals surface area contributed by atoms with Gasteiger partial charge in [-0.1, -0.05) is 0 Å². The van der Waals surface area contributed by atoms with E-state index in [9.17, 15) is 4.79 Å². The zero-order chi connectivity index (χ0) is 10.4. The van der Waals surface area contributed by atoms with Crippen LogP contribution in [0.5, 0.6) is 0 Å². The smallest absolute Gasteiger partial charge is 0.330 e. The molecule has 0 aliphatic rings. The molecule has 3 nitrogen and oxygen atoms in total. The van der Waals surface area contributed by atoms with E-state index >= 15 is 0 Å². The topological polar surface area (TPSA) is 50.1 Å². The monoisotopic (exact) mass is 207 g/mol. The van der Waals surface area contributed by atoms with Crippen LogP contribution < -0.4 is 0 Å². The van der Waals surface area contributed by atoms with E-state index in [0.29, 0.717) is 11.5 Å². The molecule has 0 aromatic carbocycles. The van der Waals surface area contributed by atoms with Crippen molar-refractivity contribution in [2.24, 2.45) is 0 Å². The van der Waals surface area contributed by atoms with Crippen LogP contribution in [0.2, 0.25) is 0 Å². The van der Waals surface area contributed by atoms with Gasteiger partial charge in [0.15, 0.2) is 0 Å². The SMILES string of the molecule is CCOC(=O)C=Cc1csc(C#N)c1. The number of carbonyl (C=O) groups is 1. The van der Waals surface area contributed by atoms with Gasteiger partial charge in [-0.05, 0) is 30.0 Å². The van der Waals surface area contributed by atoms with Crippen LogP contribution in [-0.4, -0.2) is 12.6 Å². The van der Waals surface area contributed by atoms with Crippen molar-refractivity contribution in [3.05, 3.63) is 28.0 Å². The summed E-state index contributed by atoms with van der Waals surface area (Å²) in [5, 5.41) is 10.4. The number of thiophene rings is 1. The zero-order valence-electron chi connectivity index (χ0n) is 7.69. The molecule has 0 unspecified atom stereocenters. The van der Waals surface area contributed by atoms with E-state index in [1.165, 1.54) is 17.4 Å². The molecule has 1 aromatic heterocycles. The Kier molecular flexibility index (Phi) is 3.89. The molecule has 0 atom stereocenters. The predicted molar refractivity (Wildman–Crippen MR) is 54.7 cm³/mol. The van der Waals surface area contributed by atoms with E-state index in [1.807, 2.05) is 11.4 Å². The summed E-state index contributed by atoms with van der Waals surface area (Å²) < 4.78 is 4.71. The van der Waals surface area contributed by atoms with Crippen LogP contribution in [0.15, 0.2) is 17.5 Å². The van der Waals surface area contributed by atoms with E-state index in [0.717, 1.165) is 5.56 Å². The minimum absolute atomic E-state index is 0.364. The van der Waals surface area contributed by atoms with Gasteiger partial charge >= 0.3 is 5.97 Å². The lowest BCUT2D eigenvalue weighted by Gasteiger charge is -1.93. The third-order valence-corrected chi connectivity index (χ3v) is 2.28. The lowest BCUT2D eigenvalue weighted by molar-refractivity contribution is -0.137. The number of nitrogens with zero attached hydrogens (tertiary/aromatic N) is 1. The molecule has 0 saturated heterocycles. The first-order valence-corrected chi connectivity index (χ1v) is 4.97. The first kappa shape index (κ1) is 10.5. The molecule has 0 aliphatic carbocycles. The average Bonchev–Trinajstić information content (AvgIpc) is 2.63. The summed E-state index contributed by atoms with van der Waals surface area (Å²) in [6, 6.07) is 3.75. The molecule has 14 heavy (non-hydrogen) atoms. The van der Waals surface area contributed by atoms with Crippen molar-refractivity contribution in [1.29, 1.82) is 5.26 Å². The molecule has 0 saturated carbocycles. The number of carbonyl (C=O) groups excluding carboxylic acids is 1. The number of nitriles is 1. The van der Waals surface area contributed by atoms with Crippen LogP contribution in [0.3, 0.4) is 0 Å². The molecule has 72 valence electrons. The normalized spacial score (nSPS) is 10.0. The summed E-state index contributed by atoms with van der Waals surface area (Å²) in [7, 11) is 0. The van der Waals surface area contributed by atoms with Crippen molar-refractivity contribution in [2.75, 3.05) is 6.61 Å². The van der Waals surface area contributed by atoms with Crippen molar-refractivity contribution in [3.63, 3.8) is 0 Å². The Morgan fingerprint density at radius 1 is 1.79 bits per heavy atom. The molecule has 1 rings (SSSR count). The van der Waals surface area contributed by atoms with Crippen LogP contribution in [0.1, 0.15) is 17.4 Å². The average molecular weight is 207 g/mol. The molecule has 0 aliphatic heterocycles. The highest BCUT2D eigenvalue weighted by atomic mass is 32.1. The Labute approximate surface area is 86.2 Å². The lowest BCUT2D eigenvalue weighted by Crippen LogP contribution is -1.98. The van der Waals surface area contributed by atoms with Gasteiger partial charge in [0, 0.05) is 6.08 Å². The highest BCUT2D eigenvalue weighted by molar-refractivity contribution is 7.10. The lowest BCUT2D eigenvalue weighted by atomic mass is 10.3. The van der Waals surface area contributed by atoms with Crippen molar-refractivity contribution < 1.29 is 9.53 Å². The minimum atomic E-state index is -0.364. The molecule has 0 radical (unpaired) electrons. The van der Waals surface area contributed by atoms with Crippen LogP contribution in [-0.2, 0) is 9.53 Å². The summed E-state index contributed by atoms with van der Waals surface area (Å²) in [6.45, 7) is 2.13. The van der Waals surface area contributed by atoms with Gasteiger partial charge in [-0.25, -0.2) is 4.79 Å². The summed E-state index contributed by atoms with van der Waals surface area (Å²) >= 11 is 1.35. The van der Waals surface area contributed by atoms with Gasteiger partial charge in [-0.2, -0.15) is 5.26 Å². The fourth-order valence-corrected chi connectivity index (χ4v) is 1.52. The minimum Gasteiger partial charge on any atom is -0.463 e. The van der Waals surface area contributed by atoms with Crippen LogP contribution in [0.4, 0.5) is 0 Å². The van der Waals surface area contributed by atoms with Crippen molar-refractivity contribution in [3.8, 4) is 6.07 Å². The maximum absolute atomic E-state index is 10.9. The van der Waals surface area contributed by atoms with Gasteiger partial charge in [0.1, 0.15) is 10.9 Å². The highest BCUT2D eigenvalue weighted by Crippen LogP contribution is 2.14. The summed E-state index contributed by atoms with van der Waals surface area (Å²) in [5.41, 5.74) is 0.847. The van der Waals surface area contributed by atoms with Crippen LogP contribution >= 0.6 is 11.3 Å². The number of ether oxygens (including phenoxy) is 1. The van der Waals surface area contributed by atoms with Crippen LogP contribution in [0, 0.1) is 11.3 Å². The van der Waals surface area contributed by atoms with Gasteiger partial charge in [-0.3, -0.25) is 0 Å². The number of hydrogen-bond acceptors (Lipinski definition) is 4. The van der Waals surface area contributed by atoms with E-state index in [2.05, 4.69) is 0 Å². The van der Waals surface area contributed by atoms with Gasteiger partial charge in [-0.15, -0.1) is 11.3 Å². The van der Waals surface area contributed by atoms with Gasteiger partial charge in [0.2, 0.25) is 0 Å². The maximum Gasteiger partial charge on any atom is 0.330 e. The maximum atomic E-state index is 10.9. The van der Waals surface area contributed by atoms with Gasteiger partial charge in [0.05, 0.1) is 6.61 Å². The standard InChI is InChI=1S/C10H9NO2S/c1-2-13-10(12)4-3-8-5-9(6-11)14-7-8/h3-5,7H,2H2,1H3. The van der Waals surface area contributed by atoms with E-state index < -0.39 is 0 Å². The Hall–Kier alpha value is -1.60. The molecule has 0 bridgehead atoms. The fourth-order valence-electron chi connectivity index (χ4n) is 0.852. The predicted octanol–water partition coefficient (Wildman–Crippen LogP) is 2.20. The summed E-state index contributed by atoms with van der Waals surface area (Å²) in [6.07, 6.45) is 2.99. The molecule has 1 heterocycles. The van der Waals surface area contributed by atoms with E-state index in [4.69, 9.17) is 10.00 Å². The highest BCUT2D eigenvalue weighted by Gasteiger charge is 1.97. The summed E-state index contributed by atoms with van der Waals surface area (Å²) in [5.74, 6) is -0.364. The third kappa shape index (κ3) is 3.04. The second-order valence-corrected chi connectivity index (χ2v) is 3.35. The Balaban J connectivity index is 2.60. The quantitative estimate of drug-likeness (QED) is 0.564. The molecule has 0 fully saturated rings. The Morgan fingerprint density at radius 2 is 2.57 bits per heavy atom. The molecule has 0 spiro atoms. The Bertz CT molecular complexity index is 387. The largest absolute Gasteiger partial charge is 0.463 e. The second kappa shape index (κ2) is 5.20. The van der Waals surface area contributed by atoms with Crippen LogP contribution in [0.25, 0.3) is 6.08 Å². The molecular weight excluding hydrogens is 198 g/mol. The third-order valence-electron chi connectivity index (χ3n) is 1.43. The van der Waals surface area contributed by atoms with Crippen molar-refractivity contribution >= 4 is 23.4 Å². The fraction of sp³-hybridized carbons (Fsp3) is 0.200. The number of esters is 1. The van der Waals surface area contributed by atoms with E-state index in [-0.39, 0.29) is 5.97 Å². The second-order valence-electron chi connectivity index (χ2n) is 2.44. The molecule has 0 N–H and O–H groups in total. The molecule has 0 amide bonds. The zero-order valence-corrected chi connectivity index (χ0v) is 8.50. The molecule has 1 aromatic rings. The Morgan fingerprint density at radius 3 is 3.14 bits per heavy atom. The van der Waals surface area contributed by atoms with Gasteiger partial charge in [0.25, 0.3) is 0 Å².